The molecule has 0 radical (unpaired) electrons. The van der Waals surface area contributed by atoms with Crippen LogP contribution in [-0.2, 0) is 9.53 Å². The van der Waals surface area contributed by atoms with Gasteiger partial charge < -0.3 is 9.47 Å². The minimum absolute atomic E-state index is 0.149. The molecule has 1 aromatic heterocycles. The Morgan fingerprint density at radius 3 is 3.07 bits per heavy atom. The van der Waals surface area contributed by atoms with E-state index < -0.39 is 0 Å². The Bertz CT molecular complexity index is 318. The van der Waals surface area contributed by atoms with Crippen LogP contribution >= 0.6 is 11.3 Å². The second kappa shape index (κ2) is 5.39. The lowest BCUT2D eigenvalue weighted by Crippen LogP contribution is -2.09. The highest BCUT2D eigenvalue weighted by Crippen LogP contribution is 2.22. The van der Waals surface area contributed by atoms with Crippen molar-refractivity contribution in [2.45, 2.75) is 13.3 Å². The van der Waals surface area contributed by atoms with Crippen molar-refractivity contribution in [3.63, 3.8) is 0 Å². The highest BCUT2D eigenvalue weighted by atomic mass is 32.1. The molecule has 0 aliphatic heterocycles. The van der Waals surface area contributed by atoms with E-state index in [9.17, 15) is 9.59 Å². The van der Waals surface area contributed by atoms with Gasteiger partial charge in [0.05, 0.1) is 0 Å². The zero-order valence-electron chi connectivity index (χ0n) is 7.69. The van der Waals surface area contributed by atoms with E-state index in [2.05, 4.69) is 0 Å². The summed E-state index contributed by atoms with van der Waals surface area (Å²) < 4.78 is 9.77. The summed E-state index contributed by atoms with van der Waals surface area (Å²) in [5.74, 6) is 0.127. The van der Waals surface area contributed by atoms with Crippen molar-refractivity contribution in [3.05, 3.63) is 16.3 Å². The third-order valence-corrected chi connectivity index (χ3v) is 2.31. The van der Waals surface area contributed by atoms with E-state index in [1.54, 1.807) is 18.4 Å². The summed E-state index contributed by atoms with van der Waals surface area (Å²) in [5, 5.41) is 1.74. The normalized spacial score (nSPS) is 9.50. The SMILES string of the molecule is CCC(=O)OCOc1ccsc1C=O. The Morgan fingerprint density at radius 1 is 1.64 bits per heavy atom. The maximum Gasteiger partial charge on any atom is 0.308 e. The maximum atomic E-state index is 10.7. The van der Waals surface area contributed by atoms with Crippen LogP contribution in [0.2, 0.25) is 0 Å². The van der Waals surface area contributed by atoms with Gasteiger partial charge in [0.25, 0.3) is 0 Å². The predicted molar refractivity (Wildman–Crippen MR) is 51.6 cm³/mol. The molecule has 0 saturated heterocycles. The fraction of sp³-hybridized carbons (Fsp3) is 0.333. The molecule has 0 amide bonds. The van der Waals surface area contributed by atoms with Gasteiger partial charge in [-0.3, -0.25) is 9.59 Å². The molecule has 0 atom stereocenters. The van der Waals surface area contributed by atoms with Crippen molar-refractivity contribution in [1.82, 2.24) is 0 Å². The standard InChI is InChI=1S/C9H10O4S/c1-2-9(11)13-6-12-7-3-4-14-8(7)5-10/h3-5H,2,6H2,1H3. The van der Waals surface area contributed by atoms with Gasteiger partial charge in [-0.25, -0.2) is 0 Å². The van der Waals surface area contributed by atoms with Gasteiger partial charge in [0.1, 0.15) is 10.6 Å². The molecule has 0 unspecified atom stereocenters. The van der Waals surface area contributed by atoms with Crippen LogP contribution in [0.4, 0.5) is 0 Å². The third-order valence-electron chi connectivity index (χ3n) is 1.49. The summed E-state index contributed by atoms with van der Waals surface area (Å²) in [6, 6.07) is 1.66. The van der Waals surface area contributed by atoms with Crippen LogP contribution in [0.25, 0.3) is 0 Å². The Hall–Kier alpha value is -1.36. The first-order chi connectivity index (χ1) is 6.77. The average molecular weight is 214 g/mol. The fourth-order valence-corrected chi connectivity index (χ4v) is 1.41. The predicted octanol–water partition coefficient (Wildman–Crippen LogP) is 1.85. The molecule has 1 aromatic rings. The largest absolute Gasteiger partial charge is 0.456 e. The van der Waals surface area contributed by atoms with Gasteiger partial charge in [0.2, 0.25) is 6.79 Å². The number of ether oxygens (including phenoxy) is 2. The van der Waals surface area contributed by atoms with E-state index in [1.165, 1.54) is 11.3 Å². The van der Waals surface area contributed by atoms with Crippen molar-refractivity contribution < 1.29 is 19.1 Å². The molecule has 0 N–H and O–H groups in total. The molecule has 0 bridgehead atoms. The number of carbonyl (C=O) groups is 2. The van der Waals surface area contributed by atoms with Gasteiger partial charge in [-0.05, 0) is 11.4 Å². The highest BCUT2D eigenvalue weighted by Gasteiger charge is 2.04. The Balaban J connectivity index is 2.38. The number of esters is 1. The summed E-state index contributed by atoms with van der Waals surface area (Å²) in [7, 11) is 0. The first kappa shape index (κ1) is 10.7. The van der Waals surface area contributed by atoms with Crippen LogP contribution in [0.3, 0.4) is 0 Å². The second-order valence-corrected chi connectivity index (χ2v) is 3.35. The number of aldehydes is 1. The van der Waals surface area contributed by atoms with Crippen molar-refractivity contribution >= 4 is 23.6 Å². The van der Waals surface area contributed by atoms with Gasteiger partial charge >= 0.3 is 5.97 Å². The quantitative estimate of drug-likeness (QED) is 0.426. The number of hydrogen-bond acceptors (Lipinski definition) is 5. The molecule has 0 aliphatic rings. The zero-order valence-corrected chi connectivity index (χ0v) is 8.50. The Labute approximate surface area is 85.4 Å². The van der Waals surface area contributed by atoms with E-state index in [0.29, 0.717) is 23.3 Å². The van der Waals surface area contributed by atoms with Gasteiger partial charge in [-0.1, -0.05) is 6.92 Å². The minimum atomic E-state index is -0.326. The Kier molecular flexibility index (Phi) is 4.12. The Morgan fingerprint density at radius 2 is 2.43 bits per heavy atom. The van der Waals surface area contributed by atoms with Crippen LogP contribution in [0.1, 0.15) is 23.0 Å². The molecule has 1 heterocycles. The molecule has 0 spiro atoms. The van der Waals surface area contributed by atoms with Crippen LogP contribution in [0, 0.1) is 0 Å². The summed E-state index contributed by atoms with van der Waals surface area (Å²) in [6.07, 6.45) is 1.02. The number of rotatable bonds is 5. The van der Waals surface area contributed by atoms with Gasteiger partial charge in [-0.15, -0.1) is 11.3 Å². The second-order valence-electron chi connectivity index (χ2n) is 2.40. The first-order valence-electron chi connectivity index (χ1n) is 4.09. The first-order valence-corrected chi connectivity index (χ1v) is 4.97. The number of thiophene rings is 1. The lowest BCUT2D eigenvalue weighted by atomic mass is 10.4. The zero-order chi connectivity index (χ0) is 10.4. The molecule has 1 rings (SSSR count). The van der Waals surface area contributed by atoms with E-state index >= 15 is 0 Å². The third kappa shape index (κ3) is 2.85. The van der Waals surface area contributed by atoms with E-state index in [4.69, 9.17) is 9.47 Å². The minimum Gasteiger partial charge on any atom is -0.456 e. The lowest BCUT2D eigenvalue weighted by molar-refractivity contribution is -0.149. The highest BCUT2D eigenvalue weighted by molar-refractivity contribution is 7.12. The summed E-state index contributed by atoms with van der Waals surface area (Å²) >= 11 is 1.28. The maximum absolute atomic E-state index is 10.7. The van der Waals surface area contributed by atoms with Gasteiger partial charge in [-0.2, -0.15) is 0 Å². The molecule has 0 aromatic carbocycles. The number of hydrogen-bond donors (Lipinski definition) is 0. The van der Waals surface area contributed by atoms with Crippen LogP contribution in [-0.4, -0.2) is 19.0 Å². The molecule has 76 valence electrons. The van der Waals surface area contributed by atoms with Crippen LogP contribution in [0.5, 0.6) is 5.75 Å². The molecular formula is C9H10O4S. The van der Waals surface area contributed by atoms with E-state index in [0.717, 1.165) is 0 Å². The lowest BCUT2D eigenvalue weighted by Gasteiger charge is -2.04. The smallest absolute Gasteiger partial charge is 0.308 e. The molecule has 5 heteroatoms. The summed E-state index contributed by atoms with van der Waals surface area (Å²) in [4.78, 5) is 21.7. The molecule has 4 nitrogen and oxygen atoms in total. The fourth-order valence-electron chi connectivity index (χ4n) is 0.775. The molecule has 0 aliphatic carbocycles. The topological polar surface area (TPSA) is 52.6 Å². The van der Waals surface area contributed by atoms with Crippen LogP contribution in [0.15, 0.2) is 11.4 Å². The molecule has 14 heavy (non-hydrogen) atoms. The molecule has 0 fully saturated rings. The number of carbonyl (C=O) groups excluding carboxylic acids is 2. The van der Waals surface area contributed by atoms with Gasteiger partial charge in [0, 0.05) is 6.42 Å². The van der Waals surface area contributed by atoms with Crippen molar-refractivity contribution in [2.24, 2.45) is 0 Å². The summed E-state index contributed by atoms with van der Waals surface area (Å²) in [6.45, 7) is 1.55. The average Bonchev–Trinajstić information content (AvgIpc) is 2.65. The van der Waals surface area contributed by atoms with Crippen molar-refractivity contribution in [3.8, 4) is 5.75 Å². The van der Waals surface area contributed by atoms with Gasteiger partial charge in [0.15, 0.2) is 6.29 Å². The van der Waals surface area contributed by atoms with E-state index in [-0.39, 0.29) is 12.8 Å². The van der Waals surface area contributed by atoms with E-state index in [1.807, 2.05) is 0 Å². The summed E-state index contributed by atoms with van der Waals surface area (Å²) in [5.41, 5.74) is 0. The van der Waals surface area contributed by atoms with Crippen molar-refractivity contribution in [2.75, 3.05) is 6.79 Å². The van der Waals surface area contributed by atoms with Crippen molar-refractivity contribution in [1.29, 1.82) is 0 Å². The monoisotopic (exact) mass is 214 g/mol. The molecular weight excluding hydrogens is 204 g/mol. The van der Waals surface area contributed by atoms with Crippen LogP contribution < -0.4 is 4.74 Å². The molecule has 0 saturated carbocycles.